The Hall–Kier alpha value is -1.64. The molecule has 1 heterocycles. The van der Waals surface area contributed by atoms with Crippen LogP contribution in [0.4, 0.5) is 0 Å². The van der Waals surface area contributed by atoms with Crippen LogP contribution in [0.3, 0.4) is 0 Å². The van der Waals surface area contributed by atoms with Gasteiger partial charge in [0.25, 0.3) is 0 Å². The van der Waals surface area contributed by atoms with Crippen molar-refractivity contribution in [1.29, 1.82) is 0 Å². The molecule has 1 aromatic heterocycles. The van der Waals surface area contributed by atoms with Crippen LogP contribution in [0.2, 0.25) is 0 Å². The number of hydrogen-bond acceptors (Lipinski definition) is 2. The Balaban J connectivity index is 1.77. The lowest BCUT2D eigenvalue weighted by molar-refractivity contribution is 0.500. The molecule has 3 rings (SSSR count). The highest BCUT2D eigenvalue weighted by Crippen LogP contribution is 2.30. The fourth-order valence-corrected chi connectivity index (χ4v) is 3.59. The maximum absolute atomic E-state index is 3.68. The van der Waals surface area contributed by atoms with Gasteiger partial charge in [0.05, 0.1) is 0 Å². The summed E-state index contributed by atoms with van der Waals surface area (Å²) in [6.45, 7) is 4.46. The van der Waals surface area contributed by atoms with Crippen LogP contribution >= 0.6 is 11.3 Å². The van der Waals surface area contributed by atoms with Crippen LogP contribution in [0.1, 0.15) is 36.4 Å². The molecule has 0 radical (unpaired) electrons. The van der Waals surface area contributed by atoms with E-state index >= 15 is 0 Å². The number of thiophene rings is 1. The molecule has 102 valence electrons. The van der Waals surface area contributed by atoms with Crippen molar-refractivity contribution in [2.75, 3.05) is 0 Å². The first-order valence-electron chi connectivity index (χ1n) is 7.03. The molecule has 3 aromatic rings. The van der Waals surface area contributed by atoms with Crippen molar-refractivity contribution in [3.63, 3.8) is 0 Å². The first-order chi connectivity index (χ1) is 9.74. The standard InChI is InChI=1S/C18H19NS/c1-13(15-8-4-3-5-9-15)19-14(2)18-12-16-10-6-7-11-17(16)20-18/h3-14,19H,1-2H3/t13-,14?/m0/s1. The summed E-state index contributed by atoms with van der Waals surface area (Å²) >= 11 is 1.88. The number of nitrogens with one attached hydrogen (secondary N) is 1. The zero-order valence-electron chi connectivity index (χ0n) is 11.8. The van der Waals surface area contributed by atoms with Crippen molar-refractivity contribution >= 4 is 21.4 Å². The van der Waals surface area contributed by atoms with Gasteiger partial charge in [-0.05, 0) is 36.9 Å². The van der Waals surface area contributed by atoms with E-state index in [1.807, 2.05) is 11.3 Å². The summed E-state index contributed by atoms with van der Waals surface area (Å²) in [5, 5.41) is 5.03. The van der Waals surface area contributed by atoms with Crippen molar-refractivity contribution in [3.05, 3.63) is 71.1 Å². The topological polar surface area (TPSA) is 12.0 Å². The minimum absolute atomic E-state index is 0.358. The Morgan fingerprint density at radius 1 is 0.850 bits per heavy atom. The van der Waals surface area contributed by atoms with E-state index in [-0.39, 0.29) is 0 Å². The fourth-order valence-electron chi connectivity index (χ4n) is 2.51. The van der Waals surface area contributed by atoms with E-state index in [0.29, 0.717) is 12.1 Å². The summed E-state index contributed by atoms with van der Waals surface area (Å²) in [6.07, 6.45) is 0. The van der Waals surface area contributed by atoms with Crippen molar-refractivity contribution in [3.8, 4) is 0 Å². The fraction of sp³-hybridized carbons (Fsp3) is 0.222. The van der Waals surface area contributed by atoms with Crippen LogP contribution in [0, 0.1) is 0 Å². The van der Waals surface area contributed by atoms with E-state index in [1.54, 1.807) is 0 Å². The zero-order chi connectivity index (χ0) is 13.9. The van der Waals surface area contributed by atoms with Crippen LogP contribution in [-0.2, 0) is 0 Å². The summed E-state index contributed by atoms with van der Waals surface area (Å²) in [7, 11) is 0. The van der Waals surface area contributed by atoms with E-state index in [0.717, 1.165) is 0 Å². The average Bonchev–Trinajstić information content (AvgIpc) is 2.92. The second kappa shape index (κ2) is 5.78. The molecular formula is C18H19NS. The lowest BCUT2D eigenvalue weighted by Crippen LogP contribution is -2.21. The summed E-state index contributed by atoms with van der Waals surface area (Å²) < 4.78 is 1.36. The van der Waals surface area contributed by atoms with Crippen molar-refractivity contribution < 1.29 is 0 Å². The highest BCUT2D eigenvalue weighted by atomic mass is 32.1. The monoisotopic (exact) mass is 281 g/mol. The average molecular weight is 281 g/mol. The second-order valence-electron chi connectivity index (χ2n) is 5.21. The molecule has 0 aliphatic carbocycles. The highest BCUT2D eigenvalue weighted by Gasteiger charge is 2.13. The van der Waals surface area contributed by atoms with Gasteiger partial charge in [-0.2, -0.15) is 0 Å². The third-order valence-electron chi connectivity index (χ3n) is 3.67. The van der Waals surface area contributed by atoms with Gasteiger partial charge < -0.3 is 5.32 Å². The predicted octanol–water partition coefficient (Wildman–Crippen LogP) is 5.31. The normalized spacial score (nSPS) is 14.3. The molecule has 0 fully saturated rings. The van der Waals surface area contributed by atoms with Gasteiger partial charge in [0.15, 0.2) is 0 Å². The van der Waals surface area contributed by atoms with E-state index < -0.39 is 0 Å². The van der Waals surface area contributed by atoms with Crippen molar-refractivity contribution in [2.24, 2.45) is 0 Å². The van der Waals surface area contributed by atoms with Gasteiger partial charge in [0.2, 0.25) is 0 Å². The molecular weight excluding hydrogens is 262 g/mol. The Kier molecular flexibility index (Phi) is 3.86. The number of benzene rings is 2. The maximum Gasteiger partial charge on any atom is 0.0391 e. The molecule has 20 heavy (non-hydrogen) atoms. The highest BCUT2D eigenvalue weighted by molar-refractivity contribution is 7.19. The van der Waals surface area contributed by atoms with Crippen LogP contribution < -0.4 is 5.32 Å². The molecule has 0 aliphatic heterocycles. The maximum atomic E-state index is 3.68. The predicted molar refractivity (Wildman–Crippen MR) is 88.2 cm³/mol. The van der Waals surface area contributed by atoms with Crippen molar-refractivity contribution in [1.82, 2.24) is 5.32 Å². The molecule has 0 saturated carbocycles. The van der Waals surface area contributed by atoms with Gasteiger partial charge in [0.1, 0.15) is 0 Å². The van der Waals surface area contributed by atoms with Crippen LogP contribution in [0.15, 0.2) is 60.7 Å². The molecule has 0 bridgehead atoms. The first-order valence-corrected chi connectivity index (χ1v) is 7.85. The quantitative estimate of drug-likeness (QED) is 0.683. The summed E-state index contributed by atoms with van der Waals surface area (Å²) in [6, 6.07) is 22.2. The third-order valence-corrected chi connectivity index (χ3v) is 4.97. The summed E-state index contributed by atoms with van der Waals surface area (Å²) in [4.78, 5) is 1.40. The van der Waals surface area contributed by atoms with Crippen LogP contribution in [0.5, 0.6) is 0 Å². The largest absolute Gasteiger partial charge is 0.303 e. The summed E-state index contributed by atoms with van der Waals surface area (Å²) in [5.41, 5.74) is 1.33. The van der Waals surface area contributed by atoms with E-state index in [9.17, 15) is 0 Å². The Bertz CT molecular complexity index is 654. The minimum atomic E-state index is 0.358. The molecule has 2 atom stereocenters. The smallest absolute Gasteiger partial charge is 0.0391 e. The van der Waals surface area contributed by atoms with Gasteiger partial charge in [-0.25, -0.2) is 0 Å². The van der Waals surface area contributed by atoms with Crippen molar-refractivity contribution in [2.45, 2.75) is 25.9 Å². The van der Waals surface area contributed by atoms with Gasteiger partial charge in [-0.1, -0.05) is 48.5 Å². The van der Waals surface area contributed by atoms with Gasteiger partial charge in [-0.3, -0.25) is 0 Å². The Labute approximate surface area is 124 Å². The number of hydrogen-bond donors (Lipinski definition) is 1. The molecule has 0 spiro atoms. The molecule has 2 heteroatoms. The first kappa shape index (κ1) is 13.3. The lowest BCUT2D eigenvalue weighted by Gasteiger charge is -2.19. The molecule has 2 aromatic carbocycles. The molecule has 1 N–H and O–H groups in total. The second-order valence-corrected chi connectivity index (χ2v) is 6.32. The third kappa shape index (κ3) is 2.77. The Morgan fingerprint density at radius 2 is 1.55 bits per heavy atom. The van der Waals surface area contributed by atoms with E-state index in [1.165, 1.54) is 20.5 Å². The Morgan fingerprint density at radius 3 is 2.30 bits per heavy atom. The minimum Gasteiger partial charge on any atom is -0.303 e. The van der Waals surface area contributed by atoms with Gasteiger partial charge in [-0.15, -0.1) is 11.3 Å². The molecule has 1 unspecified atom stereocenters. The van der Waals surface area contributed by atoms with E-state index in [4.69, 9.17) is 0 Å². The molecule has 0 aliphatic rings. The van der Waals surface area contributed by atoms with Gasteiger partial charge in [0, 0.05) is 21.7 Å². The molecule has 1 nitrogen and oxygen atoms in total. The lowest BCUT2D eigenvalue weighted by atomic mass is 10.1. The number of fused-ring (bicyclic) bond motifs is 1. The molecule has 0 saturated heterocycles. The SMILES string of the molecule is CC(N[C@@H](C)c1ccccc1)c1cc2ccccc2s1. The van der Waals surface area contributed by atoms with Crippen LogP contribution in [0.25, 0.3) is 10.1 Å². The molecule has 0 amide bonds. The summed E-state index contributed by atoms with van der Waals surface area (Å²) in [5.74, 6) is 0. The van der Waals surface area contributed by atoms with E-state index in [2.05, 4.69) is 79.8 Å². The zero-order valence-corrected chi connectivity index (χ0v) is 12.7. The van der Waals surface area contributed by atoms with Gasteiger partial charge >= 0.3 is 0 Å². The van der Waals surface area contributed by atoms with Crippen LogP contribution in [-0.4, -0.2) is 0 Å². The number of rotatable bonds is 4.